The summed E-state index contributed by atoms with van der Waals surface area (Å²) in [6.45, 7) is 2.12. The first-order chi connectivity index (χ1) is 25.7. The van der Waals surface area contributed by atoms with Gasteiger partial charge in [-0.05, 0) is 68.4 Å². The Morgan fingerprint density at radius 3 is 2.44 bits per heavy atom. The van der Waals surface area contributed by atoms with Crippen molar-refractivity contribution in [2.24, 2.45) is 18.1 Å². The molecule has 0 amide bonds. The highest BCUT2D eigenvalue weighted by molar-refractivity contribution is 7.88. The second kappa shape index (κ2) is 13.6. The van der Waals surface area contributed by atoms with E-state index in [0.717, 1.165) is 12.1 Å². The van der Waals surface area contributed by atoms with Gasteiger partial charge in [-0.2, -0.15) is 19.0 Å². The number of carbonyl (C=O) groups is 1. The third kappa shape index (κ3) is 7.63. The molecule has 1 saturated carbocycles. The van der Waals surface area contributed by atoms with E-state index in [4.69, 9.17) is 10.1 Å². The Labute approximate surface area is 311 Å². The molecule has 0 radical (unpaired) electrons. The molecule has 3 aromatic heterocycles. The molecule has 55 heavy (non-hydrogen) atoms. The van der Waals surface area contributed by atoms with Crippen LogP contribution in [-0.4, -0.2) is 49.5 Å². The molecule has 0 spiro atoms. The van der Waals surface area contributed by atoms with Crippen LogP contribution in [0.4, 0.5) is 26.3 Å². The van der Waals surface area contributed by atoms with Crippen molar-refractivity contribution >= 4 is 26.7 Å². The number of para-hydroxylation sites is 1. The predicted molar refractivity (Wildman–Crippen MR) is 188 cm³/mol. The number of aliphatic hydroxyl groups is 1. The van der Waals surface area contributed by atoms with E-state index in [0.29, 0.717) is 32.8 Å². The lowest BCUT2D eigenvalue weighted by Crippen LogP contribution is -2.24. The molecule has 5 aromatic rings. The number of primary sulfonamides is 1. The molecule has 3 atom stereocenters. The van der Waals surface area contributed by atoms with Gasteiger partial charge in [0, 0.05) is 53.4 Å². The smallest absolute Gasteiger partial charge is 0.293 e. The van der Waals surface area contributed by atoms with Crippen molar-refractivity contribution in [3.05, 3.63) is 99.8 Å². The molecule has 0 aliphatic heterocycles. The van der Waals surface area contributed by atoms with E-state index in [1.165, 1.54) is 18.5 Å². The van der Waals surface area contributed by atoms with Crippen LogP contribution in [-0.2, 0) is 46.5 Å². The number of hydrogen-bond donors (Lipinski definition) is 2. The Kier molecular flexibility index (Phi) is 9.46. The van der Waals surface area contributed by atoms with Gasteiger partial charge >= 0.3 is 0 Å². The van der Waals surface area contributed by atoms with Crippen LogP contribution in [0.15, 0.2) is 48.5 Å². The van der Waals surface area contributed by atoms with Crippen LogP contribution < -0.4 is 5.14 Å². The molecule has 288 valence electrons. The van der Waals surface area contributed by atoms with Gasteiger partial charge in [-0.1, -0.05) is 24.1 Å². The molecule has 3 N–H and O–H groups in total. The second-order valence-electron chi connectivity index (χ2n) is 14.6. The molecule has 2 aliphatic carbocycles. The molecule has 3 heterocycles. The zero-order chi connectivity index (χ0) is 39.8. The summed E-state index contributed by atoms with van der Waals surface area (Å²) in [6, 6.07) is 11.0. The average Bonchev–Trinajstić information content (AvgIpc) is 3.62. The van der Waals surface area contributed by atoms with Gasteiger partial charge in [-0.3, -0.25) is 14.2 Å². The topological polar surface area (TPSA) is 146 Å². The minimum Gasteiger partial charge on any atom is -0.378 e. The molecule has 0 unspecified atom stereocenters. The van der Waals surface area contributed by atoms with Crippen LogP contribution >= 0.6 is 0 Å². The van der Waals surface area contributed by atoms with E-state index in [2.05, 4.69) is 22.0 Å². The number of aryl methyl sites for hydroxylation is 1. The number of Topliss-reactive ketones (excluding diaryl/α,β-unsaturated/α-hetero) is 1. The summed E-state index contributed by atoms with van der Waals surface area (Å²) in [5.74, 6) is -4.03. The lowest BCUT2D eigenvalue weighted by molar-refractivity contribution is -0.120. The first kappa shape index (κ1) is 38.2. The van der Waals surface area contributed by atoms with Crippen molar-refractivity contribution in [1.82, 2.24) is 24.5 Å². The number of carbonyl (C=O) groups excluding carboxylic acids is 1. The first-order valence-electron chi connectivity index (χ1n) is 17.2. The van der Waals surface area contributed by atoms with Crippen LogP contribution in [0.5, 0.6) is 0 Å². The highest BCUT2D eigenvalue weighted by Crippen LogP contribution is 2.68. The molecule has 17 heteroatoms. The van der Waals surface area contributed by atoms with Crippen molar-refractivity contribution < 1.29 is 44.7 Å². The summed E-state index contributed by atoms with van der Waals surface area (Å²) in [4.78, 5) is 18.8. The Balaban J connectivity index is 1.37. The maximum absolute atomic E-state index is 15.4. The van der Waals surface area contributed by atoms with Crippen molar-refractivity contribution in [2.45, 2.75) is 75.2 Å². The van der Waals surface area contributed by atoms with Crippen LogP contribution in [0.2, 0.25) is 0 Å². The Morgan fingerprint density at radius 1 is 1.07 bits per heavy atom. The third-order valence-corrected chi connectivity index (χ3v) is 10.4. The molecular formula is C38H34F6N6O4S. The van der Waals surface area contributed by atoms with Gasteiger partial charge < -0.3 is 5.11 Å². The molecule has 7 rings (SSSR count). The molecule has 2 aromatic carbocycles. The van der Waals surface area contributed by atoms with Gasteiger partial charge in [0.05, 0.1) is 16.9 Å². The Morgan fingerprint density at radius 2 is 1.78 bits per heavy atom. The monoisotopic (exact) mass is 784 g/mol. The van der Waals surface area contributed by atoms with E-state index >= 15 is 8.78 Å². The number of sulfonamides is 1. The molecule has 2 aliphatic rings. The molecule has 1 fully saturated rings. The third-order valence-electron chi connectivity index (χ3n) is 9.75. The number of pyridine rings is 1. The number of ketones is 1. The van der Waals surface area contributed by atoms with Crippen molar-refractivity contribution in [2.75, 3.05) is 0 Å². The first-order valence-corrected chi connectivity index (χ1v) is 18.9. The number of nitrogens with two attached hydrogens (primary N) is 1. The number of hydrogen-bond acceptors (Lipinski definition) is 7. The van der Waals surface area contributed by atoms with E-state index in [1.807, 2.05) is 0 Å². The minimum atomic E-state index is -3.99. The van der Waals surface area contributed by atoms with Gasteiger partial charge in [-0.25, -0.2) is 36.1 Å². The zero-order valence-corrected chi connectivity index (χ0v) is 30.4. The van der Waals surface area contributed by atoms with Gasteiger partial charge in [0.2, 0.25) is 10.0 Å². The lowest BCUT2D eigenvalue weighted by atomic mass is 9.86. The summed E-state index contributed by atoms with van der Waals surface area (Å²) in [5.41, 5.74) is -1.25. The SMILES string of the molecule is Cn1nc(CS(N)(=O)=O)c2cccc(-c3ccc(C#CC(C)(C)O)nc3[C@@H](CC(=O)Cn3nc(C(F)F)c4c3C(F)(F)[C@@H]3C[C@H]43)Cc3cc(F)cc(F)c3)c21. The summed E-state index contributed by atoms with van der Waals surface area (Å²) >= 11 is 0. The van der Waals surface area contributed by atoms with Crippen LogP contribution in [0.1, 0.15) is 84.5 Å². The largest absolute Gasteiger partial charge is 0.378 e. The Bertz CT molecular complexity index is 2530. The number of alkyl halides is 4. The minimum absolute atomic E-state index is 0.0414. The number of aromatic nitrogens is 5. The number of halogens is 6. The fourth-order valence-corrected chi connectivity index (χ4v) is 8.18. The average molecular weight is 785 g/mol. The van der Waals surface area contributed by atoms with Gasteiger partial charge in [0.25, 0.3) is 12.3 Å². The second-order valence-corrected chi connectivity index (χ2v) is 16.2. The van der Waals surface area contributed by atoms with E-state index in [1.54, 1.807) is 37.4 Å². The zero-order valence-electron chi connectivity index (χ0n) is 29.6. The number of rotatable bonds is 11. The summed E-state index contributed by atoms with van der Waals surface area (Å²) in [5, 5.41) is 24.2. The molecule has 10 nitrogen and oxygen atoms in total. The molecular weight excluding hydrogens is 751 g/mol. The van der Waals surface area contributed by atoms with E-state index in [9.17, 15) is 35.9 Å². The highest BCUT2D eigenvalue weighted by atomic mass is 32.2. The number of fused-ring (bicyclic) bond motifs is 4. The van der Waals surface area contributed by atoms with Crippen LogP contribution in [0.25, 0.3) is 22.0 Å². The standard InChI is InChI=1S/C38H34F6N6O4S/c1-37(2,52)10-9-23-7-8-25(26-5-4-6-27-30(18-55(45,53)54)47-49(3)34(26)27)32(46-23)20(11-19-12-21(39)15-22(40)13-19)14-24(51)17-50-35-31(33(48-50)36(41)42)28-16-29(28)38(35,43)44/h4-8,12-13,15,20,28-29,36,52H,11,14,16-18H2,1-3H3,(H2,45,53,54)/t20-,28+,29-/m1/s1. The maximum Gasteiger partial charge on any atom is 0.293 e. The number of benzene rings is 2. The summed E-state index contributed by atoms with van der Waals surface area (Å²) in [7, 11) is -2.41. The summed E-state index contributed by atoms with van der Waals surface area (Å²) < 4.78 is 114. The Hall–Kier alpha value is -5.05. The normalized spacial score (nSPS) is 17.9. The summed E-state index contributed by atoms with van der Waals surface area (Å²) in [6.07, 6.45) is -3.79. The van der Waals surface area contributed by atoms with Gasteiger partial charge in [0.1, 0.15) is 46.6 Å². The van der Waals surface area contributed by atoms with E-state index < -0.39 is 93.3 Å². The van der Waals surface area contributed by atoms with Crippen molar-refractivity contribution in [3.63, 3.8) is 0 Å². The van der Waals surface area contributed by atoms with Crippen molar-refractivity contribution in [3.8, 4) is 23.0 Å². The highest BCUT2D eigenvalue weighted by Gasteiger charge is 2.67. The van der Waals surface area contributed by atoms with Crippen molar-refractivity contribution in [1.29, 1.82) is 0 Å². The quantitative estimate of drug-likeness (QED) is 0.121. The maximum atomic E-state index is 15.4. The van der Waals surface area contributed by atoms with Gasteiger partial charge in [-0.15, -0.1) is 0 Å². The lowest BCUT2D eigenvalue weighted by Gasteiger charge is -2.21. The molecule has 0 bridgehead atoms. The predicted octanol–water partition coefficient (Wildman–Crippen LogP) is 6.15. The fraction of sp³-hybridized carbons (Fsp3) is 0.368. The van der Waals surface area contributed by atoms with Crippen LogP contribution in [0.3, 0.4) is 0 Å². The molecule has 0 saturated heterocycles. The fourth-order valence-electron chi connectivity index (χ4n) is 7.59. The van der Waals surface area contributed by atoms with Crippen LogP contribution in [0, 0.1) is 29.4 Å². The number of nitrogens with zero attached hydrogens (tertiary/aromatic N) is 5. The van der Waals surface area contributed by atoms with Gasteiger partial charge in [0.15, 0.2) is 5.78 Å². The van der Waals surface area contributed by atoms with E-state index in [-0.39, 0.29) is 41.1 Å².